The van der Waals surface area contributed by atoms with E-state index in [-0.39, 0.29) is 5.54 Å². The van der Waals surface area contributed by atoms with Gasteiger partial charge in [0.2, 0.25) is 0 Å². The Morgan fingerprint density at radius 3 is 2.14 bits per heavy atom. The second kappa shape index (κ2) is 4.52. The summed E-state index contributed by atoms with van der Waals surface area (Å²) in [4.78, 5) is 0. The minimum absolute atomic E-state index is 0.00856. The third kappa shape index (κ3) is 2.88. The van der Waals surface area contributed by atoms with E-state index in [1.165, 1.54) is 0 Å². The van der Waals surface area contributed by atoms with Crippen LogP contribution in [0.15, 0.2) is 18.2 Å². The van der Waals surface area contributed by atoms with Gasteiger partial charge in [-0.15, -0.1) is 0 Å². The van der Waals surface area contributed by atoms with Crippen molar-refractivity contribution in [3.05, 3.63) is 33.8 Å². The van der Waals surface area contributed by atoms with Crippen molar-refractivity contribution >= 4 is 23.2 Å². The third-order valence-corrected chi connectivity index (χ3v) is 3.07. The van der Waals surface area contributed by atoms with E-state index in [2.05, 4.69) is 19.2 Å². The lowest BCUT2D eigenvalue weighted by Crippen LogP contribution is -2.38. The summed E-state index contributed by atoms with van der Waals surface area (Å²) >= 11 is 12.2. The topological polar surface area (TPSA) is 12.0 Å². The van der Waals surface area contributed by atoms with Gasteiger partial charge >= 0.3 is 0 Å². The number of halogens is 2. The fourth-order valence-electron chi connectivity index (χ4n) is 1.23. The van der Waals surface area contributed by atoms with Crippen LogP contribution in [-0.4, -0.2) is 12.6 Å². The van der Waals surface area contributed by atoms with Crippen molar-refractivity contribution < 1.29 is 0 Å². The first kappa shape index (κ1) is 11.8. The van der Waals surface area contributed by atoms with Crippen LogP contribution < -0.4 is 5.32 Å². The van der Waals surface area contributed by atoms with Crippen LogP contribution in [0.2, 0.25) is 10.0 Å². The average Bonchev–Trinajstić information content (AvgIpc) is 2.12. The first-order valence-corrected chi connectivity index (χ1v) is 5.34. The number of likely N-dealkylation sites (N-methyl/N-ethyl adjacent to an activating group) is 1. The van der Waals surface area contributed by atoms with E-state index in [9.17, 15) is 0 Å². The SMILES string of the molecule is CNC(C)(C)Cc1c(Cl)cccc1Cl. The van der Waals surface area contributed by atoms with E-state index in [4.69, 9.17) is 23.2 Å². The molecule has 14 heavy (non-hydrogen) atoms. The van der Waals surface area contributed by atoms with Crippen LogP contribution >= 0.6 is 23.2 Å². The molecule has 1 nitrogen and oxygen atoms in total. The van der Waals surface area contributed by atoms with E-state index < -0.39 is 0 Å². The molecule has 0 radical (unpaired) electrons. The average molecular weight is 232 g/mol. The molecule has 0 bridgehead atoms. The fourth-order valence-corrected chi connectivity index (χ4v) is 1.76. The largest absolute Gasteiger partial charge is 0.314 e. The van der Waals surface area contributed by atoms with Gasteiger partial charge in [-0.1, -0.05) is 29.3 Å². The first-order chi connectivity index (χ1) is 6.46. The van der Waals surface area contributed by atoms with Gasteiger partial charge in [-0.3, -0.25) is 0 Å². The normalized spacial score (nSPS) is 11.8. The smallest absolute Gasteiger partial charge is 0.0453 e. The highest BCUT2D eigenvalue weighted by Gasteiger charge is 2.18. The maximum Gasteiger partial charge on any atom is 0.0453 e. The van der Waals surface area contributed by atoms with Gasteiger partial charge in [0.15, 0.2) is 0 Å². The molecule has 1 aromatic carbocycles. The Hall–Kier alpha value is -0.240. The summed E-state index contributed by atoms with van der Waals surface area (Å²) in [5, 5.41) is 4.70. The highest BCUT2D eigenvalue weighted by Crippen LogP contribution is 2.27. The zero-order valence-electron chi connectivity index (χ0n) is 8.70. The van der Waals surface area contributed by atoms with Crippen LogP contribution in [0.25, 0.3) is 0 Å². The molecule has 1 aromatic rings. The number of rotatable bonds is 3. The second-order valence-electron chi connectivity index (χ2n) is 4.01. The third-order valence-electron chi connectivity index (χ3n) is 2.36. The molecule has 1 rings (SSSR count). The van der Waals surface area contributed by atoms with Crippen LogP contribution in [0, 0.1) is 0 Å². The van der Waals surface area contributed by atoms with Gasteiger partial charge in [0.25, 0.3) is 0 Å². The molecule has 0 spiro atoms. The van der Waals surface area contributed by atoms with Crippen molar-refractivity contribution in [2.75, 3.05) is 7.05 Å². The Kier molecular flexibility index (Phi) is 3.82. The molecule has 0 aliphatic rings. The molecule has 3 heteroatoms. The Morgan fingerprint density at radius 2 is 1.71 bits per heavy atom. The predicted octanol–water partition coefficient (Wildman–Crippen LogP) is 3.53. The number of hydrogen-bond acceptors (Lipinski definition) is 1. The molecular formula is C11H15Cl2N. The summed E-state index contributed by atoms with van der Waals surface area (Å²) < 4.78 is 0. The molecule has 0 unspecified atom stereocenters. The van der Waals surface area contributed by atoms with Crippen molar-refractivity contribution in [2.24, 2.45) is 0 Å². The lowest BCUT2D eigenvalue weighted by Gasteiger charge is -2.25. The van der Waals surface area contributed by atoms with Gasteiger partial charge in [-0.2, -0.15) is 0 Å². The molecule has 0 saturated carbocycles. The number of benzene rings is 1. The molecule has 1 N–H and O–H groups in total. The van der Waals surface area contributed by atoms with E-state index in [1.807, 2.05) is 25.2 Å². The van der Waals surface area contributed by atoms with Gasteiger partial charge in [0, 0.05) is 15.6 Å². The number of hydrogen-bond donors (Lipinski definition) is 1. The maximum absolute atomic E-state index is 6.08. The molecule has 0 atom stereocenters. The summed E-state index contributed by atoms with van der Waals surface area (Å²) in [6.45, 7) is 4.24. The number of nitrogens with one attached hydrogen (secondary N) is 1. The molecular weight excluding hydrogens is 217 g/mol. The van der Waals surface area contributed by atoms with Crippen LogP contribution in [0.4, 0.5) is 0 Å². The Bertz CT molecular complexity index is 301. The van der Waals surface area contributed by atoms with Gasteiger partial charge in [-0.05, 0) is 45.0 Å². The summed E-state index contributed by atoms with van der Waals surface area (Å²) in [6, 6.07) is 5.60. The van der Waals surface area contributed by atoms with Crippen LogP contribution in [0.1, 0.15) is 19.4 Å². The zero-order valence-corrected chi connectivity index (χ0v) is 10.2. The van der Waals surface area contributed by atoms with E-state index in [0.717, 1.165) is 22.0 Å². The highest BCUT2D eigenvalue weighted by molar-refractivity contribution is 6.36. The summed E-state index contributed by atoms with van der Waals surface area (Å²) in [6.07, 6.45) is 0.821. The van der Waals surface area contributed by atoms with Gasteiger partial charge in [0.1, 0.15) is 0 Å². The Balaban J connectivity index is 2.97. The molecule has 0 saturated heterocycles. The lowest BCUT2D eigenvalue weighted by atomic mass is 9.95. The van der Waals surface area contributed by atoms with E-state index in [1.54, 1.807) is 0 Å². The zero-order chi connectivity index (χ0) is 10.8. The minimum Gasteiger partial charge on any atom is -0.314 e. The first-order valence-electron chi connectivity index (χ1n) is 4.58. The van der Waals surface area contributed by atoms with Crippen LogP contribution in [-0.2, 0) is 6.42 Å². The summed E-state index contributed by atoms with van der Waals surface area (Å²) in [5.74, 6) is 0. The van der Waals surface area contributed by atoms with Crippen molar-refractivity contribution in [1.29, 1.82) is 0 Å². The molecule has 0 aliphatic carbocycles. The molecule has 0 heterocycles. The summed E-state index contributed by atoms with van der Waals surface area (Å²) in [7, 11) is 1.94. The monoisotopic (exact) mass is 231 g/mol. The molecule has 0 fully saturated rings. The molecule has 0 amide bonds. The lowest BCUT2D eigenvalue weighted by molar-refractivity contribution is 0.422. The van der Waals surface area contributed by atoms with Gasteiger partial charge < -0.3 is 5.32 Å². The van der Waals surface area contributed by atoms with Crippen molar-refractivity contribution in [3.8, 4) is 0 Å². The van der Waals surface area contributed by atoms with Crippen LogP contribution in [0.5, 0.6) is 0 Å². The second-order valence-corrected chi connectivity index (χ2v) is 4.83. The van der Waals surface area contributed by atoms with Gasteiger partial charge in [-0.25, -0.2) is 0 Å². The van der Waals surface area contributed by atoms with E-state index in [0.29, 0.717) is 0 Å². The predicted molar refractivity (Wildman–Crippen MR) is 63.3 cm³/mol. The molecule has 0 aliphatic heterocycles. The quantitative estimate of drug-likeness (QED) is 0.840. The summed E-state index contributed by atoms with van der Waals surface area (Å²) in [5.41, 5.74) is 1.02. The Morgan fingerprint density at radius 1 is 1.21 bits per heavy atom. The standard InChI is InChI=1S/C11H15Cl2N/c1-11(2,14-3)7-8-9(12)5-4-6-10(8)13/h4-6,14H,7H2,1-3H3. The molecule has 78 valence electrons. The van der Waals surface area contributed by atoms with E-state index >= 15 is 0 Å². The van der Waals surface area contributed by atoms with Crippen LogP contribution in [0.3, 0.4) is 0 Å². The highest BCUT2D eigenvalue weighted by atomic mass is 35.5. The fraction of sp³-hybridized carbons (Fsp3) is 0.455. The van der Waals surface area contributed by atoms with Crippen molar-refractivity contribution in [2.45, 2.75) is 25.8 Å². The van der Waals surface area contributed by atoms with Gasteiger partial charge in [0.05, 0.1) is 0 Å². The molecule has 0 aromatic heterocycles. The van der Waals surface area contributed by atoms with Crippen molar-refractivity contribution in [1.82, 2.24) is 5.32 Å². The van der Waals surface area contributed by atoms with Crippen molar-refractivity contribution in [3.63, 3.8) is 0 Å². The maximum atomic E-state index is 6.08. The minimum atomic E-state index is 0.00856. The Labute approximate surface area is 95.4 Å².